The Morgan fingerprint density at radius 1 is 1.00 bits per heavy atom. The maximum absolute atomic E-state index is 14.9. The van der Waals surface area contributed by atoms with Crippen molar-refractivity contribution in [2.45, 2.75) is 44.9 Å². The molecule has 0 fully saturated rings. The van der Waals surface area contributed by atoms with Gasteiger partial charge in [-0.15, -0.1) is 0 Å². The maximum Gasteiger partial charge on any atom is 0.408 e. The smallest absolute Gasteiger partial charge is 0.374 e. The third kappa shape index (κ3) is 6.30. The first-order valence-corrected chi connectivity index (χ1v) is 14.2. The van der Waals surface area contributed by atoms with E-state index in [1.165, 1.54) is 18.4 Å². The first kappa shape index (κ1) is 32.2. The van der Waals surface area contributed by atoms with Crippen LogP contribution < -0.4 is 16.2 Å². The van der Waals surface area contributed by atoms with Crippen molar-refractivity contribution in [3.05, 3.63) is 100 Å². The number of aromatic nitrogens is 3. The van der Waals surface area contributed by atoms with Crippen LogP contribution in [0.1, 0.15) is 36.2 Å². The van der Waals surface area contributed by atoms with Gasteiger partial charge in [0.1, 0.15) is 23.2 Å². The summed E-state index contributed by atoms with van der Waals surface area (Å²) in [5.41, 5.74) is 0.824. The molecular formula is C33H28F5N5O3. The number of nitrogens with zero attached hydrogens (tertiary/aromatic N) is 3. The molecule has 46 heavy (non-hydrogen) atoms. The number of alkyl halides is 3. The van der Waals surface area contributed by atoms with Gasteiger partial charge in [0.2, 0.25) is 0 Å². The Balaban J connectivity index is 1.45. The summed E-state index contributed by atoms with van der Waals surface area (Å²) >= 11 is 0. The van der Waals surface area contributed by atoms with E-state index in [2.05, 4.69) is 15.3 Å². The summed E-state index contributed by atoms with van der Waals surface area (Å²) in [5.74, 6) is -4.56. The lowest BCUT2D eigenvalue weighted by molar-refractivity contribution is -0.142. The Hall–Kier alpha value is -5.20. The van der Waals surface area contributed by atoms with E-state index in [1.807, 2.05) is 5.32 Å². The van der Waals surface area contributed by atoms with Gasteiger partial charge in [0.05, 0.1) is 22.6 Å². The van der Waals surface area contributed by atoms with Crippen LogP contribution in [0.5, 0.6) is 0 Å². The molecule has 0 spiro atoms. The van der Waals surface area contributed by atoms with Crippen LogP contribution in [-0.2, 0) is 18.3 Å². The summed E-state index contributed by atoms with van der Waals surface area (Å²) in [6.07, 6.45) is -0.358. The second-order valence-corrected chi connectivity index (χ2v) is 10.8. The zero-order valence-corrected chi connectivity index (χ0v) is 24.9. The van der Waals surface area contributed by atoms with Gasteiger partial charge in [-0.3, -0.25) is 24.4 Å². The van der Waals surface area contributed by atoms with Crippen LogP contribution >= 0.6 is 0 Å². The SMILES string of the molecule is CC[C@@H](Nc1cc(F)c(C(=O)N[C@@H](Cc2ccc(-c3cc4cnccc4n(C)c3=O)c3ncccc23)C(C)=O)c(F)c1)C(F)(F)F. The van der Waals surface area contributed by atoms with E-state index >= 15 is 0 Å². The summed E-state index contributed by atoms with van der Waals surface area (Å²) in [6, 6.07) is 8.14. The average molecular weight is 638 g/mol. The number of anilines is 1. The number of rotatable bonds is 9. The molecule has 0 saturated carbocycles. The fourth-order valence-electron chi connectivity index (χ4n) is 5.38. The molecule has 5 aromatic rings. The van der Waals surface area contributed by atoms with Gasteiger partial charge < -0.3 is 15.2 Å². The van der Waals surface area contributed by atoms with Crippen LogP contribution in [0.3, 0.4) is 0 Å². The van der Waals surface area contributed by atoms with Crippen LogP contribution in [0.15, 0.2) is 71.9 Å². The van der Waals surface area contributed by atoms with Crippen LogP contribution in [-0.4, -0.2) is 44.5 Å². The van der Waals surface area contributed by atoms with Crippen LogP contribution in [0.4, 0.5) is 27.6 Å². The molecule has 0 saturated heterocycles. The normalized spacial score (nSPS) is 13.0. The number of carbonyl (C=O) groups excluding carboxylic acids is 2. The largest absolute Gasteiger partial charge is 0.408 e. The van der Waals surface area contributed by atoms with Gasteiger partial charge in [0, 0.05) is 54.1 Å². The van der Waals surface area contributed by atoms with E-state index in [1.54, 1.807) is 62.0 Å². The van der Waals surface area contributed by atoms with Gasteiger partial charge in [-0.05, 0) is 49.2 Å². The van der Waals surface area contributed by atoms with E-state index in [4.69, 9.17) is 0 Å². The third-order valence-corrected chi connectivity index (χ3v) is 7.81. The Kier molecular flexibility index (Phi) is 8.86. The van der Waals surface area contributed by atoms with Crippen LogP contribution in [0, 0.1) is 11.6 Å². The highest BCUT2D eigenvalue weighted by Gasteiger charge is 2.38. The molecule has 0 radical (unpaired) electrons. The monoisotopic (exact) mass is 637 g/mol. The molecule has 0 aliphatic heterocycles. The summed E-state index contributed by atoms with van der Waals surface area (Å²) in [5, 5.41) is 5.71. The van der Waals surface area contributed by atoms with E-state index in [-0.39, 0.29) is 12.0 Å². The summed E-state index contributed by atoms with van der Waals surface area (Å²) in [4.78, 5) is 47.6. The predicted molar refractivity (Wildman–Crippen MR) is 163 cm³/mol. The number of Topliss-reactive ketones (excluding diaryl/α,β-unsaturated/α-hetero) is 1. The quantitative estimate of drug-likeness (QED) is 0.189. The molecule has 3 aromatic heterocycles. The lowest BCUT2D eigenvalue weighted by atomic mass is 9.94. The topological polar surface area (TPSA) is 106 Å². The standard InChI is InChI=1S/C33H28F5N5O3/c1-4-28(33(36,37)38)41-20-14-24(34)29(25(35)15-20)31(45)42-26(17(2)44)13-18-7-8-22(30-21(18)6-5-10-40-30)23-12-19-16-39-11-9-27(19)43(3)32(23)46/h5-12,14-16,26,28,41H,4,13H2,1-3H3,(H,42,45)/t26-,28+/m0/s1. The van der Waals surface area contributed by atoms with Crippen molar-refractivity contribution in [1.82, 2.24) is 19.9 Å². The highest BCUT2D eigenvalue weighted by molar-refractivity contribution is 6.00. The fourth-order valence-corrected chi connectivity index (χ4v) is 5.38. The van der Waals surface area contributed by atoms with Gasteiger partial charge in [-0.1, -0.05) is 25.1 Å². The van der Waals surface area contributed by atoms with Crippen LogP contribution in [0.25, 0.3) is 32.9 Å². The van der Waals surface area contributed by atoms with Gasteiger partial charge in [-0.2, -0.15) is 13.2 Å². The molecule has 0 aliphatic rings. The highest BCUT2D eigenvalue weighted by atomic mass is 19.4. The number of nitrogens with one attached hydrogen (secondary N) is 2. The first-order valence-electron chi connectivity index (χ1n) is 14.2. The number of hydrogen-bond donors (Lipinski definition) is 2. The Bertz CT molecular complexity index is 2020. The Morgan fingerprint density at radius 2 is 1.72 bits per heavy atom. The number of carbonyl (C=O) groups is 2. The minimum absolute atomic E-state index is 0.0875. The molecule has 0 aliphatic carbocycles. The molecule has 13 heteroatoms. The Morgan fingerprint density at radius 3 is 2.37 bits per heavy atom. The molecule has 0 bridgehead atoms. The summed E-state index contributed by atoms with van der Waals surface area (Å²) < 4.78 is 70.8. The molecule has 0 unspecified atom stereocenters. The second kappa shape index (κ2) is 12.7. The van der Waals surface area contributed by atoms with E-state index in [9.17, 15) is 36.3 Å². The van der Waals surface area contributed by atoms with Crippen molar-refractivity contribution in [3.63, 3.8) is 0 Å². The number of hydrogen-bond acceptors (Lipinski definition) is 6. The van der Waals surface area contributed by atoms with Crippen molar-refractivity contribution >= 4 is 39.2 Å². The molecule has 8 nitrogen and oxygen atoms in total. The average Bonchev–Trinajstić information content (AvgIpc) is 3.00. The maximum atomic E-state index is 14.9. The van der Waals surface area contributed by atoms with Gasteiger partial charge in [-0.25, -0.2) is 8.78 Å². The lowest BCUT2D eigenvalue weighted by Crippen LogP contribution is -2.42. The van der Waals surface area contributed by atoms with Gasteiger partial charge in [0.25, 0.3) is 11.5 Å². The highest BCUT2D eigenvalue weighted by Crippen LogP contribution is 2.31. The molecule has 3 heterocycles. The molecule has 1 amide bonds. The minimum Gasteiger partial charge on any atom is -0.374 e. The summed E-state index contributed by atoms with van der Waals surface area (Å²) in [7, 11) is 1.65. The van der Waals surface area contributed by atoms with Crippen molar-refractivity contribution < 1.29 is 31.5 Å². The molecule has 5 rings (SSSR count). The first-order chi connectivity index (χ1) is 21.8. The molecule has 2 N–H and O–H groups in total. The van der Waals surface area contributed by atoms with E-state index < -0.39 is 59.3 Å². The van der Waals surface area contributed by atoms with Crippen molar-refractivity contribution in [2.75, 3.05) is 5.32 Å². The van der Waals surface area contributed by atoms with Gasteiger partial charge >= 0.3 is 6.18 Å². The minimum atomic E-state index is -4.66. The number of ketones is 1. The second-order valence-electron chi connectivity index (χ2n) is 10.8. The number of halogens is 5. The number of aryl methyl sites for hydroxylation is 1. The zero-order valence-electron chi connectivity index (χ0n) is 24.9. The molecule has 2 aromatic carbocycles. The molecular weight excluding hydrogens is 609 g/mol. The molecule has 2 atom stereocenters. The lowest BCUT2D eigenvalue weighted by Gasteiger charge is -2.22. The number of pyridine rings is 3. The van der Waals surface area contributed by atoms with Crippen molar-refractivity contribution in [2.24, 2.45) is 7.05 Å². The number of benzene rings is 2. The zero-order chi connectivity index (χ0) is 33.3. The van der Waals surface area contributed by atoms with Gasteiger partial charge in [0.15, 0.2) is 5.78 Å². The van der Waals surface area contributed by atoms with Crippen LogP contribution in [0.2, 0.25) is 0 Å². The fraction of sp³-hybridized carbons (Fsp3) is 0.242. The van der Waals surface area contributed by atoms with E-state index in [0.717, 1.165) is 5.39 Å². The number of fused-ring (bicyclic) bond motifs is 2. The predicted octanol–water partition coefficient (Wildman–Crippen LogP) is 6.11. The summed E-state index contributed by atoms with van der Waals surface area (Å²) in [6.45, 7) is 2.46. The van der Waals surface area contributed by atoms with Crippen molar-refractivity contribution in [3.8, 4) is 11.1 Å². The van der Waals surface area contributed by atoms with Crippen molar-refractivity contribution in [1.29, 1.82) is 0 Å². The third-order valence-electron chi connectivity index (χ3n) is 7.81. The van der Waals surface area contributed by atoms with E-state index in [0.29, 0.717) is 45.2 Å². The Labute approximate surface area is 259 Å². The molecule has 238 valence electrons. The number of amides is 1.